The van der Waals surface area contributed by atoms with Crippen molar-refractivity contribution in [1.82, 2.24) is 21.1 Å². The number of benzene rings is 1. The molecule has 1 amide bonds. The first-order valence-electron chi connectivity index (χ1n) is 8.57. The lowest BCUT2D eigenvalue weighted by Gasteiger charge is -2.25. The maximum Gasteiger partial charge on any atom is 0.238 e. The average molecular weight is 336 g/mol. The Bertz CT molecular complexity index is 550. The van der Waals surface area contributed by atoms with Gasteiger partial charge in [-0.2, -0.15) is 0 Å². The summed E-state index contributed by atoms with van der Waals surface area (Å²) in [6, 6.07) is 6.57. The molecule has 0 radical (unpaired) electrons. The smallest absolute Gasteiger partial charge is 0.238 e. The molecule has 5 nitrogen and oxygen atoms in total. The van der Waals surface area contributed by atoms with Crippen LogP contribution in [0.3, 0.4) is 0 Å². The van der Waals surface area contributed by atoms with Crippen LogP contribution < -0.4 is 16.2 Å². The van der Waals surface area contributed by atoms with Gasteiger partial charge < -0.3 is 10.2 Å². The van der Waals surface area contributed by atoms with E-state index in [0.717, 1.165) is 18.4 Å². The first kappa shape index (κ1) is 18.8. The van der Waals surface area contributed by atoms with Crippen LogP contribution in [0.4, 0.5) is 4.39 Å². The van der Waals surface area contributed by atoms with Gasteiger partial charge in [-0.15, -0.1) is 0 Å². The highest BCUT2D eigenvalue weighted by molar-refractivity contribution is 5.82. The molecule has 0 aliphatic carbocycles. The predicted octanol–water partition coefficient (Wildman–Crippen LogP) is 1.83. The van der Waals surface area contributed by atoms with Gasteiger partial charge in [-0.3, -0.25) is 10.2 Å². The van der Waals surface area contributed by atoms with Gasteiger partial charge in [0.2, 0.25) is 5.91 Å². The summed E-state index contributed by atoms with van der Waals surface area (Å²) in [7, 11) is 3.85. The fourth-order valence-electron chi connectivity index (χ4n) is 3.15. The zero-order chi connectivity index (χ0) is 17.7. The lowest BCUT2D eigenvalue weighted by molar-refractivity contribution is -0.123. The molecule has 1 aromatic carbocycles. The molecule has 0 bridgehead atoms. The third-order valence-corrected chi connectivity index (χ3v) is 4.38. The maximum atomic E-state index is 13.5. The molecular weight excluding hydrogens is 307 g/mol. The van der Waals surface area contributed by atoms with E-state index in [1.165, 1.54) is 12.1 Å². The van der Waals surface area contributed by atoms with E-state index in [1.54, 1.807) is 6.07 Å². The molecule has 1 aromatic rings. The van der Waals surface area contributed by atoms with E-state index in [-0.39, 0.29) is 23.8 Å². The number of carbonyl (C=O) groups excluding carboxylic acids is 1. The Labute approximate surface area is 144 Å². The van der Waals surface area contributed by atoms with E-state index < -0.39 is 0 Å². The summed E-state index contributed by atoms with van der Waals surface area (Å²) in [5.74, 6) is 0.318. The van der Waals surface area contributed by atoms with Crippen molar-refractivity contribution in [2.24, 2.45) is 5.92 Å². The van der Waals surface area contributed by atoms with Gasteiger partial charge in [0.1, 0.15) is 11.9 Å². The second kappa shape index (κ2) is 8.55. The lowest BCUT2D eigenvalue weighted by Crippen LogP contribution is -2.45. The van der Waals surface area contributed by atoms with Crippen LogP contribution in [0.25, 0.3) is 0 Å². The van der Waals surface area contributed by atoms with Crippen LogP contribution in [0.5, 0.6) is 0 Å². The van der Waals surface area contributed by atoms with Crippen LogP contribution in [0.2, 0.25) is 0 Å². The van der Waals surface area contributed by atoms with Crippen LogP contribution in [-0.2, 0) is 4.79 Å². The average Bonchev–Trinajstić information content (AvgIpc) is 2.94. The molecule has 0 saturated carbocycles. The fourth-order valence-corrected chi connectivity index (χ4v) is 3.15. The topological polar surface area (TPSA) is 56.4 Å². The summed E-state index contributed by atoms with van der Waals surface area (Å²) >= 11 is 0. The van der Waals surface area contributed by atoms with Crippen LogP contribution in [0.1, 0.15) is 38.3 Å². The minimum absolute atomic E-state index is 0.0167. The molecule has 1 heterocycles. The zero-order valence-electron chi connectivity index (χ0n) is 15.0. The number of carbonyl (C=O) groups is 1. The number of nitrogens with zero attached hydrogens (tertiary/aromatic N) is 1. The number of hydrogen-bond acceptors (Lipinski definition) is 4. The van der Waals surface area contributed by atoms with E-state index in [2.05, 4.69) is 30.0 Å². The quantitative estimate of drug-likeness (QED) is 0.711. The van der Waals surface area contributed by atoms with Crippen LogP contribution in [0.15, 0.2) is 24.3 Å². The Morgan fingerprint density at radius 3 is 2.75 bits per heavy atom. The number of hydrazine groups is 1. The molecule has 1 aliphatic rings. The van der Waals surface area contributed by atoms with E-state index >= 15 is 0 Å². The lowest BCUT2D eigenvalue weighted by atomic mass is 9.99. The van der Waals surface area contributed by atoms with Crippen molar-refractivity contribution in [2.45, 2.75) is 44.8 Å². The number of hydrogen-bond donors (Lipinski definition) is 3. The molecule has 3 N–H and O–H groups in total. The largest absolute Gasteiger partial charge is 0.353 e. The molecule has 1 fully saturated rings. The van der Waals surface area contributed by atoms with Crippen molar-refractivity contribution in [3.8, 4) is 0 Å². The first-order valence-corrected chi connectivity index (χ1v) is 8.57. The minimum Gasteiger partial charge on any atom is -0.353 e. The number of rotatable bonds is 7. The Balaban J connectivity index is 1.89. The van der Waals surface area contributed by atoms with Crippen LogP contribution >= 0.6 is 0 Å². The second-order valence-corrected chi connectivity index (χ2v) is 7.18. The van der Waals surface area contributed by atoms with Gasteiger partial charge in [0.25, 0.3) is 0 Å². The number of likely N-dealkylation sites (N-methyl/N-ethyl adjacent to an activating group) is 1. The molecule has 1 aliphatic heterocycles. The van der Waals surface area contributed by atoms with Crippen molar-refractivity contribution in [2.75, 3.05) is 20.6 Å². The first-order chi connectivity index (χ1) is 11.4. The molecule has 0 aromatic heterocycles. The Hall–Kier alpha value is -1.50. The summed E-state index contributed by atoms with van der Waals surface area (Å²) in [5.41, 5.74) is 7.13. The van der Waals surface area contributed by atoms with Crippen LogP contribution in [0, 0.1) is 11.7 Å². The zero-order valence-corrected chi connectivity index (χ0v) is 15.0. The van der Waals surface area contributed by atoms with Gasteiger partial charge >= 0.3 is 0 Å². The molecule has 1 saturated heterocycles. The highest BCUT2D eigenvalue weighted by Gasteiger charge is 2.29. The fraction of sp³-hybridized carbons (Fsp3) is 0.611. The second-order valence-electron chi connectivity index (χ2n) is 7.18. The van der Waals surface area contributed by atoms with Gasteiger partial charge in [0, 0.05) is 12.6 Å². The molecule has 0 spiro atoms. The number of nitrogens with one attached hydrogen (secondary N) is 3. The summed E-state index contributed by atoms with van der Waals surface area (Å²) < 4.78 is 13.5. The SMILES string of the molecule is CC(C)CC1CC(C(=O)NCC(c2cccc(F)c2)N(C)C)NN1. The predicted molar refractivity (Wildman–Crippen MR) is 93.8 cm³/mol. The molecule has 134 valence electrons. The highest BCUT2D eigenvalue weighted by atomic mass is 19.1. The molecule has 24 heavy (non-hydrogen) atoms. The summed E-state index contributed by atoms with van der Waals surface area (Å²) in [6.07, 6.45) is 1.83. The van der Waals surface area contributed by atoms with Crippen molar-refractivity contribution >= 4 is 5.91 Å². The van der Waals surface area contributed by atoms with Crippen molar-refractivity contribution in [3.63, 3.8) is 0 Å². The standard InChI is InChI=1S/C18H29FN4O/c1-12(2)8-15-10-16(22-21-15)18(24)20-11-17(23(3)4)13-6-5-7-14(19)9-13/h5-7,9,12,15-17,21-22H,8,10-11H2,1-4H3,(H,20,24). The van der Waals surface area contributed by atoms with Gasteiger partial charge in [-0.1, -0.05) is 26.0 Å². The maximum absolute atomic E-state index is 13.5. The van der Waals surface area contributed by atoms with Crippen molar-refractivity contribution in [3.05, 3.63) is 35.6 Å². The highest BCUT2D eigenvalue weighted by Crippen LogP contribution is 2.19. The Morgan fingerprint density at radius 2 is 2.12 bits per heavy atom. The van der Waals surface area contributed by atoms with Crippen molar-refractivity contribution < 1.29 is 9.18 Å². The number of halogens is 1. The third kappa shape index (κ3) is 5.26. The summed E-state index contributed by atoms with van der Waals surface area (Å²) in [4.78, 5) is 14.4. The van der Waals surface area contributed by atoms with Gasteiger partial charge in [-0.05, 0) is 50.6 Å². The van der Waals surface area contributed by atoms with E-state index in [0.29, 0.717) is 18.5 Å². The van der Waals surface area contributed by atoms with Crippen molar-refractivity contribution in [1.29, 1.82) is 0 Å². The van der Waals surface area contributed by atoms with E-state index in [1.807, 2.05) is 25.1 Å². The Morgan fingerprint density at radius 1 is 1.38 bits per heavy atom. The van der Waals surface area contributed by atoms with Gasteiger partial charge in [0.15, 0.2) is 0 Å². The molecular formula is C18H29FN4O. The number of amides is 1. The van der Waals surface area contributed by atoms with Crippen LogP contribution in [-0.4, -0.2) is 43.5 Å². The van der Waals surface area contributed by atoms with Gasteiger partial charge in [-0.25, -0.2) is 9.82 Å². The normalized spacial score (nSPS) is 22.1. The summed E-state index contributed by atoms with van der Waals surface area (Å²) in [5, 5.41) is 2.99. The molecule has 6 heteroatoms. The molecule has 3 unspecified atom stereocenters. The van der Waals surface area contributed by atoms with E-state index in [9.17, 15) is 9.18 Å². The molecule has 2 rings (SSSR count). The van der Waals surface area contributed by atoms with Gasteiger partial charge in [0.05, 0.1) is 6.04 Å². The Kier molecular flexibility index (Phi) is 6.71. The minimum atomic E-state index is -0.260. The monoisotopic (exact) mass is 336 g/mol. The van der Waals surface area contributed by atoms with E-state index in [4.69, 9.17) is 0 Å². The third-order valence-electron chi connectivity index (χ3n) is 4.38. The summed E-state index contributed by atoms with van der Waals surface area (Å²) in [6.45, 7) is 4.80. The molecule has 3 atom stereocenters.